The van der Waals surface area contributed by atoms with E-state index in [-0.39, 0.29) is 30.3 Å². The van der Waals surface area contributed by atoms with Crippen LogP contribution in [-0.2, 0) is 11.2 Å². The highest BCUT2D eigenvalue weighted by atomic mass is 16.7. The van der Waals surface area contributed by atoms with Gasteiger partial charge in [0.05, 0.1) is 17.5 Å². The van der Waals surface area contributed by atoms with Crippen LogP contribution in [0.3, 0.4) is 0 Å². The van der Waals surface area contributed by atoms with Crippen molar-refractivity contribution in [2.24, 2.45) is 0 Å². The summed E-state index contributed by atoms with van der Waals surface area (Å²) in [5.41, 5.74) is 1.99. The molecule has 1 aliphatic rings. The number of hydrogen-bond donors (Lipinski definition) is 1. The molecule has 2 aromatic carbocycles. The van der Waals surface area contributed by atoms with Gasteiger partial charge in [-0.3, -0.25) is 9.59 Å². The van der Waals surface area contributed by atoms with E-state index in [4.69, 9.17) is 9.47 Å². The molecule has 0 unspecified atom stereocenters. The van der Waals surface area contributed by atoms with Crippen LogP contribution in [0.4, 0.5) is 0 Å². The largest absolute Gasteiger partial charge is 0.454 e. The van der Waals surface area contributed by atoms with Crippen molar-refractivity contribution in [1.29, 1.82) is 0 Å². The third-order valence-electron chi connectivity index (χ3n) is 3.87. The molecule has 4 rings (SSSR count). The minimum absolute atomic E-state index is 0.0543. The lowest BCUT2D eigenvalue weighted by Crippen LogP contribution is -2.18. The van der Waals surface area contributed by atoms with Crippen LogP contribution in [0.15, 0.2) is 53.3 Å². The van der Waals surface area contributed by atoms with Crippen LogP contribution < -0.4 is 15.0 Å². The van der Waals surface area contributed by atoms with Gasteiger partial charge in [0.2, 0.25) is 6.79 Å². The first-order valence-electron chi connectivity index (χ1n) is 7.77. The maximum absolute atomic E-state index is 12.2. The van der Waals surface area contributed by atoms with Gasteiger partial charge in [-0.25, -0.2) is 4.98 Å². The Hall–Kier alpha value is -3.41. The van der Waals surface area contributed by atoms with Gasteiger partial charge in [0.25, 0.3) is 5.56 Å². The zero-order chi connectivity index (χ0) is 17.2. The Morgan fingerprint density at radius 1 is 1.16 bits per heavy atom. The molecule has 25 heavy (non-hydrogen) atoms. The van der Waals surface area contributed by atoms with Crippen molar-refractivity contribution in [1.82, 2.24) is 9.97 Å². The quantitative estimate of drug-likeness (QED) is 0.741. The molecule has 0 saturated heterocycles. The number of fused-ring (bicyclic) bond motifs is 2. The highest BCUT2D eigenvalue weighted by Crippen LogP contribution is 2.32. The highest BCUT2D eigenvalue weighted by molar-refractivity contribution is 5.95. The minimum atomic E-state index is -0.344. The number of carbonyl (C=O) groups excluding carboxylic acids is 1. The molecule has 6 heteroatoms. The Morgan fingerprint density at radius 2 is 2.00 bits per heavy atom. The van der Waals surface area contributed by atoms with Crippen molar-refractivity contribution in [2.75, 3.05) is 6.79 Å². The number of ketones is 1. The molecule has 1 N–H and O–H groups in total. The highest BCUT2D eigenvalue weighted by Gasteiger charge is 2.12. The maximum Gasteiger partial charge on any atom is 0.270 e. The fraction of sp³-hybridized carbons (Fsp3) is 0.105. The minimum Gasteiger partial charge on any atom is -0.454 e. The van der Waals surface area contributed by atoms with Crippen molar-refractivity contribution in [3.05, 3.63) is 70.2 Å². The van der Waals surface area contributed by atoms with Crippen LogP contribution in [0.2, 0.25) is 0 Å². The SMILES string of the molecule is O=C(C=Cc1ccc2c(c1)OCO2)Cc1nc2ccccc2[nH]c1=O. The number of carbonyl (C=O) groups is 1. The van der Waals surface area contributed by atoms with Gasteiger partial charge in [-0.15, -0.1) is 0 Å². The predicted octanol–water partition coefficient (Wildman–Crippen LogP) is 2.48. The van der Waals surface area contributed by atoms with E-state index in [1.54, 1.807) is 30.3 Å². The summed E-state index contributed by atoms with van der Waals surface area (Å²) < 4.78 is 10.5. The molecule has 0 saturated carbocycles. The van der Waals surface area contributed by atoms with Gasteiger partial charge < -0.3 is 14.5 Å². The number of hydrogen-bond acceptors (Lipinski definition) is 5. The van der Waals surface area contributed by atoms with Crippen LogP contribution in [0, 0.1) is 0 Å². The topological polar surface area (TPSA) is 81.3 Å². The zero-order valence-electron chi connectivity index (χ0n) is 13.2. The number of rotatable bonds is 4. The molecule has 6 nitrogen and oxygen atoms in total. The van der Waals surface area contributed by atoms with Crippen LogP contribution in [0.1, 0.15) is 11.3 Å². The molecule has 1 aliphatic heterocycles. The second-order valence-corrected chi connectivity index (χ2v) is 5.62. The molecule has 1 aromatic heterocycles. The summed E-state index contributed by atoms with van der Waals surface area (Å²) in [4.78, 5) is 31.2. The van der Waals surface area contributed by atoms with Gasteiger partial charge in [-0.2, -0.15) is 0 Å². The van der Waals surface area contributed by atoms with E-state index in [0.717, 1.165) is 5.56 Å². The molecule has 0 aliphatic carbocycles. The molecule has 0 fully saturated rings. The summed E-state index contributed by atoms with van der Waals surface area (Å²) in [7, 11) is 0. The van der Waals surface area contributed by atoms with Crippen molar-refractivity contribution in [3.63, 3.8) is 0 Å². The van der Waals surface area contributed by atoms with Crippen molar-refractivity contribution in [2.45, 2.75) is 6.42 Å². The van der Waals surface area contributed by atoms with Gasteiger partial charge in [0.15, 0.2) is 17.3 Å². The molecule has 0 atom stereocenters. The normalized spacial score (nSPS) is 12.8. The molecule has 2 heterocycles. The lowest BCUT2D eigenvalue weighted by Gasteiger charge is -2.01. The fourth-order valence-electron chi connectivity index (χ4n) is 2.62. The summed E-state index contributed by atoms with van der Waals surface area (Å²) in [5.74, 6) is 1.14. The Balaban J connectivity index is 1.52. The van der Waals surface area contributed by atoms with Gasteiger partial charge >= 0.3 is 0 Å². The number of H-pyrrole nitrogens is 1. The second-order valence-electron chi connectivity index (χ2n) is 5.62. The van der Waals surface area contributed by atoms with E-state index in [1.165, 1.54) is 6.08 Å². The summed E-state index contributed by atoms with van der Waals surface area (Å²) in [6.07, 6.45) is 3.06. The Morgan fingerprint density at radius 3 is 2.92 bits per heavy atom. The Kier molecular flexibility index (Phi) is 3.78. The average Bonchev–Trinajstić information content (AvgIpc) is 3.08. The lowest BCUT2D eigenvalue weighted by atomic mass is 10.1. The first kappa shape index (κ1) is 15.1. The first-order valence-corrected chi connectivity index (χ1v) is 7.77. The Bertz CT molecular complexity index is 1050. The molecule has 0 amide bonds. The molecule has 124 valence electrons. The smallest absolute Gasteiger partial charge is 0.270 e. The van der Waals surface area contributed by atoms with E-state index in [2.05, 4.69) is 9.97 Å². The van der Waals surface area contributed by atoms with Gasteiger partial charge in [0, 0.05) is 0 Å². The van der Waals surface area contributed by atoms with E-state index in [1.807, 2.05) is 18.2 Å². The van der Waals surface area contributed by atoms with Crippen molar-refractivity contribution in [3.8, 4) is 11.5 Å². The van der Waals surface area contributed by atoms with Crippen LogP contribution in [0.25, 0.3) is 17.1 Å². The summed E-state index contributed by atoms with van der Waals surface area (Å²) in [6, 6.07) is 12.6. The molecular weight excluding hydrogens is 320 g/mol. The summed E-state index contributed by atoms with van der Waals surface area (Å²) in [6.45, 7) is 0.206. The molecule has 0 radical (unpaired) electrons. The number of benzene rings is 2. The van der Waals surface area contributed by atoms with E-state index < -0.39 is 0 Å². The van der Waals surface area contributed by atoms with E-state index in [9.17, 15) is 9.59 Å². The van der Waals surface area contributed by atoms with Gasteiger partial charge in [0.1, 0.15) is 5.69 Å². The average molecular weight is 334 g/mol. The Labute approximate surface area is 142 Å². The van der Waals surface area contributed by atoms with E-state index >= 15 is 0 Å². The first-order chi connectivity index (χ1) is 12.2. The number of para-hydroxylation sites is 2. The third kappa shape index (κ3) is 3.14. The van der Waals surface area contributed by atoms with Crippen molar-refractivity contribution >= 4 is 22.9 Å². The second kappa shape index (κ2) is 6.24. The van der Waals surface area contributed by atoms with Gasteiger partial charge in [-0.1, -0.05) is 24.3 Å². The molecule has 3 aromatic rings. The fourth-order valence-corrected chi connectivity index (χ4v) is 2.62. The maximum atomic E-state index is 12.2. The number of aromatic amines is 1. The molecular formula is C19H14N2O4. The van der Waals surface area contributed by atoms with Crippen LogP contribution >= 0.6 is 0 Å². The number of allylic oxidation sites excluding steroid dienone is 1. The lowest BCUT2D eigenvalue weighted by molar-refractivity contribution is -0.114. The number of ether oxygens (including phenoxy) is 2. The van der Waals surface area contributed by atoms with Crippen molar-refractivity contribution < 1.29 is 14.3 Å². The number of nitrogens with zero attached hydrogens (tertiary/aromatic N) is 1. The molecule has 0 spiro atoms. The summed E-state index contributed by atoms with van der Waals surface area (Å²) in [5, 5.41) is 0. The van der Waals surface area contributed by atoms with Crippen LogP contribution in [-0.4, -0.2) is 22.5 Å². The van der Waals surface area contributed by atoms with Crippen LogP contribution in [0.5, 0.6) is 11.5 Å². The number of nitrogens with one attached hydrogen (secondary N) is 1. The predicted molar refractivity (Wildman–Crippen MR) is 92.7 cm³/mol. The van der Waals surface area contributed by atoms with Gasteiger partial charge in [-0.05, 0) is 35.9 Å². The monoisotopic (exact) mass is 334 g/mol. The third-order valence-corrected chi connectivity index (χ3v) is 3.87. The molecule has 0 bridgehead atoms. The number of aromatic nitrogens is 2. The standard InChI is InChI=1S/C19H14N2O4/c22-13(7-5-12-6-8-17-18(9-12)25-11-24-17)10-16-19(23)21-15-4-2-1-3-14(15)20-16/h1-9H,10-11H2,(H,21,23). The summed E-state index contributed by atoms with van der Waals surface area (Å²) >= 11 is 0. The zero-order valence-corrected chi connectivity index (χ0v) is 13.2. The van der Waals surface area contributed by atoms with E-state index in [0.29, 0.717) is 22.5 Å².